The molecule has 1 aliphatic rings. The summed E-state index contributed by atoms with van der Waals surface area (Å²) in [5.41, 5.74) is 3.26. The molecule has 3 aromatic rings. The summed E-state index contributed by atoms with van der Waals surface area (Å²) >= 11 is 0. The zero-order valence-corrected chi connectivity index (χ0v) is 15.5. The molecule has 7 heteroatoms. The van der Waals surface area contributed by atoms with E-state index in [1.54, 1.807) is 4.90 Å². The number of amides is 1. The zero-order chi connectivity index (χ0) is 19.0. The van der Waals surface area contributed by atoms with Crippen LogP contribution in [0.15, 0.2) is 41.5 Å². The SMILES string of the molecule is Cc1c(C)n(-c2ccccc2)c2ncn(CC(=O)N3CCOCC3)c(=O)c12. The van der Waals surface area contributed by atoms with Crippen molar-refractivity contribution in [3.05, 3.63) is 58.3 Å². The fourth-order valence-electron chi connectivity index (χ4n) is 3.55. The Morgan fingerprint density at radius 2 is 1.85 bits per heavy atom. The molecule has 1 saturated heterocycles. The lowest BCUT2D eigenvalue weighted by Crippen LogP contribution is -2.43. The minimum Gasteiger partial charge on any atom is -0.378 e. The number of aromatic nitrogens is 3. The average molecular weight is 366 g/mol. The summed E-state index contributed by atoms with van der Waals surface area (Å²) in [6.45, 7) is 6.10. The van der Waals surface area contributed by atoms with Gasteiger partial charge in [-0.25, -0.2) is 4.98 Å². The first kappa shape index (κ1) is 17.5. The van der Waals surface area contributed by atoms with Crippen molar-refractivity contribution in [1.29, 1.82) is 0 Å². The molecule has 0 saturated carbocycles. The Labute approximate surface area is 156 Å². The third kappa shape index (κ3) is 3.04. The predicted molar refractivity (Wildman–Crippen MR) is 102 cm³/mol. The fraction of sp³-hybridized carbons (Fsp3) is 0.350. The predicted octanol–water partition coefficient (Wildman–Crippen LogP) is 1.66. The lowest BCUT2D eigenvalue weighted by Gasteiger charge is -2.27. The van der Waals surface area contributed by atoms with E-state index >= 15 is 0 Å². The van der Waals surface area contributed by atoms with Crippen LogP contribution in [0, 0.1) is 13.8 Å². The van der Waals surface area contributed by atoms with Crippen molar-refractivity contribution >= 4 is 16.9 Å². The molecule has 0 N–H and O–H groups in total. The average Bonchev–Trinajstić information content (AvgIpc) is 2.96. The van der Waals surface area contributed by atoms with E-state index in [1.807, 2.05) is 48.7 Å². The Bertz CT molecular complexity index is 1050. The molecule has 1 amide bonds. The van der Waals surface area contributed by atoms with Crippen LogP contribution in [-0.2, 0) is 16.1 Å². The third-order valence-electron chi connectivity index (χ3n) is 5.17. The number of aryl methyl sites for hydroxylation is 1. The molecular formula is C20H22N4O3. The van der Waals surface area contributed by atoms with Gasteiger partial charge >= 0.3 is 0 Å². The molecule has 27 heavy (non-hydrogen) atoms. The maximum atomic E-state index is 13.1. The quantitative estimate of drug-likeness (QED) is 0.707. The number of fused-ring (bicyclic) bond motifs is 1. The van der Waals surface area contributed by atoms with Gasteiger partial charge in [0.2, 0.25) is 5.91 Å². The van der Waals surface area contributed by atoms with Gasteiger partial charge in [0.05, 0.1) is 18.6 Å². The molecule has 4 rings (SSSR count). The van der Waals surface area contributed by atoms with Crippen molar-refractivity contribution in [2.75, 3.05) is 26.3 Å². The number of benzene rings is 1. The molecule has 0 spiro atoms. The van der Waals surface area contributed by atoms with Crippen molar-refractivity contribution in [3.8, 4) is 5.69 Å². The third-order valence-corrected chi connectivity index (χ3v) is 5.17. The molecule has 1 aromatic carbocycles. The van der Waals surface area contributed by atoms with Gasteiger partial charge in [-0.05, 0) is 31.5 Å². The van der Waals surface area contributed by atoms with Crippen LogP contribution in [0.3, 0.4) is 0 Å². The summed E-state index contributed by atoms with van der Waals surface area (Å²) in [4.78, 5) is 31.8. The molecule has 0 bridgehead atoms. The molecule has 0 unspecified atom stereocenters. The van der Waals surface area contributed by atoms with E-state index in [1.165, 1.54) is 10.9 Å². The Morgan fingerprint density at radius 1 is 1.15 bits per heavy atom. The molecule has 7 nitrogen and oxygen atoms in total. The summed E-state index contributed by atoms with van der Waals surface area (Å²) < 4.78 is 8.67. The second-order valence-electron chi connectivity index (χ2n) is 6.75. The fourth-order valence-corrected chi connectivity index (χ4v) is 3.55. The first-order valence-corrected chi connectivity index (χ1v) is 9.06. The number of para-hydroxylation sites is 1. The molecule has 3 heterocycles. The van der Waals surface area contributed by atoms with Crippen LogP contribution in [0.2, 0.25) is 0 Å². The molecule has 2 aromatic heterocycles. The van der Waals surface area contributed by atoms with Crippen molar-refractivity contribution in [3.63, 3.8) is 0 Å². The molecule has 0 radical (unpaired) electrons. The number of morpholine rings is 1. The normalized spacial score (nSPS) is 14.7. The van der Waals surface area contributed by atoms with E-state index in [9.17, 15) is 9.59 Å². The summed E-state index contributed by atoms with van der Waals surface area (Å²) in [5.74, 6) is -0.0848. The minimum absolute atomic E-state index is 0.00320. The first-order chi connectivity index (χ1) is 13.1. The van der Waals surface area contributed by atoms with Gasteiger partial charge in [0.25, 0.3) is 5.56 Å². The lowest BCUT2D eigenvalue weighted by molar-refractivity contribution is -0.135. The van der Waals surface area contributed by atoms with Gasteiger partial charge < -0.3 is 9.64 Å². The van der Waals surface area contributed by atoms with Gasteiger partial charge in [0, 0.05) is 24.5 Å². The van der Waals surface area contributed by atoms with Gasteiger partial charge in [-0.2, -0.15) is 0 Å². The van der Waals surface area contributed by atoms with Crippen molar-refractivity contribution in [2.45, 2.75) is 20.4 Å². The van der Waals surface area contributed by atoms with Gasteiger partial charge in [-0.3, -0.25) is 18.7 Å². The molecule has 140 valence electrons. The van der Waals surface area contributed by atoms with Crippen LogP contribution >= 0.6 is 0 Å². The van der Waals surface area contributed by atoms with E-state index in [2.05, 4.69) is 4.98 Å². The molecule has 1 fully saturated rings. The molecular weight excluding hydrogens is 344 g/mol. The highest BCUT2D eigenvalue weighted by Gasteiger charge is 2.21. The summed E-state index contributed by atoms with van der Waals surface area (Å²) in [5, 5.41) is 0.564. The summed E-state index contributed by atoms with van der Waals surface area (Å²) in [6.07, 6.45) is 1.47. The smallest absolute Gasteiger partial charge is 0.263 e. The number of hydrogen-bond acceptors (Lipinski definition) is 4. The van der Waals surface area contributed by atoms with Crippen molar-refractivity contribution in [1.82, 2.24) is 19.0 Å². The number of carbonyl (C=O) groups excluding carboxylic acids is 1. The maximum Gasteiger partial charge on any atom is 0.263 e. The second-order valence-corrected chi connectivity index (χ2v) is 6.75. The summed E-state index contributed by atoms with van der Waals surface area (Å²) in [7, 11) is 0. The topological polar surface area (TPSA) is 69.4 Å². The van der Waals surface area contributed by atoms with Gasteiger partial charge in [0.1, 0.15) is 12.9 Å². The van der Waals surface area contributed by atoms with E-state index in [4.69, 9.17) is 4.74 Å². The Morgan fingerprint density at radius 3 is 2.56 bits per heavy atom. The standard InChI is InChI=1S/C20H22N4O3/c1-14-15(2)24(16-6-4-3-5-7-16)19-18(14)20(26)23(13-21-19)12-17(25)22-8-10-27-11-9-22/h3-7,13H,8-12H2,1-2H3. The Kier molecular flexibility index (Phi) is 4.53. The van der Waals surface area contributed by atoms with Gasteiger partial charge in [0.15, 0.2) is 5.65 Å². The second kappa shape index (κ2) is 7.00. The van der Waals surface area contributed by atoms with E-state index < -0.39 is 0 Å². The number of hydrogen-bond donors (Lipinski definition) is 0. The monoisotopic (exact) mass is 366 g/mol. The molecule has 1 aliphatic heterocycles. The lowest BCUT2D eigenvalue weighted by atomic mass is 10.2. The van der Waals surface area contributed by atoms with Crippen LogP contribution in [0.1, 0.15) is 11.3 Å². The highest BCUT2D eigenvalue weighted by atomic mass is 16.5. The number of nitrogens with zero attached hydrogens (tertiary/aromatic N) is 4. The van der Waals surface area contributed by atoms with Gasteiger partial charge in [-0.1, -0.05) is 18.2 Å². The van der Waals surface area contributed by atoms with Crippen LogP contribution in [-0.4, -0.2) is 51.2 Å². The van der Waals surface area contributed by atoms with Gasteiger partial charge in [-0.15, -0.1) is 0 Å². The number of carbonyl (C=O) groups is 1. The van der Waals surface area contributed by atoms with Crippen molar-refractivity contribution in [2.24, 2.45) is 0 Å². The summed E-state index contributed by atoms with van der Waals surface area (Å²) in [6, 6.07) is 9.84. The van der Waals surface area contributed by atoms with E-state index in [0.29, 0.717) is 37.3 Å². The minimum atomic E-state index is -0.183. The maximum absolute atomic E-state index is 13.1. The zero-order valence-electron chi connectivity index (χ0n) is 15.5. The highest BCUT2D eigenvalue weighted by molar-refractivity contribution is 5.83. The molecule has 0 atom stereocenters. The van der Waals surface area contributed by atoms with Crippen molar-refractivity contribution < 1.29 is 9.53 Å². The Hall–Kier alpha value is -2.93. The van der Waals surface area contributed by atoms with E-state index in [0.717, 1.165) is 16.9 Å². The van der Waals surface area contributed by atoms with E-state index in [-0.39, 0.29) is 18.0 Å². The first-order valence-electron chi connectivity index (χ1n) is 9.06. The molecule has 0 aliphatic carbocycles. The largest absolute Gasteiger partial charge is 0.378 e. The highest BCUT2D eigenvalue weighted by Crippen LogP contribution is 2.24. The van der Waals surface area contributed by atoms with Crippen LogP contribution < -0.4 is 5.56 Å². The van der Waals surface area contributed by atoms with Crippen LogP contribution in [0.25, 0.3) is 16.7 Å². The van der Waals surface area contributed by atoms with Crippen LogP contribution in [0.5, 0.6) is 0 Å². The van der Waals surface area contributed by atoms with Crippen LogP contribution in [0.4, 0.5) is 0 Å². The Balaban J connectivity index is 1.76. The number of rotatable bonds is 3. The number of ether oxygens (including phenoxy) is 1.